The molecule has 4 rings (SSSR count). The topological polar surface area (TPSA) is 17.1 Å². The van der Waals surface area contributed by atoms with Crippen LogP contribution >= 0.6 is 0 Å². The van der Waals surface area contributed by atoms with Crippen LogP contribution in [0.3, 0.4) is 0 Å². The Morgan fingerprint density at radius 2 is 2.00 bits per heavy atom. The molecular weight excluding hydrogens is 268 g/mol. The van der Waals surface area contributed by atoms with Gasteiger partial charge in [-0.25, -0.2) is 0 Å². The molecule has 118 valence electrons. The molecule has 2 saturated carbocycles. The van der Waals surface area contributed by atoms with Crippen molar-refractivity contribution in [1.82, 2.24) is 0 Å². The third kappa shape index (κ3) is 2.01. The van der Waals surface area contributed by atoms with Crippen LogP contribution in [0.4, 0.5) is 0 Å². The molecule has 0 saturated heterocycles. The second-order valence-electron chi connectivity index (χ2n) is 8.11. The van der Waals surface area contributed by atoms with Crippen molar-refractivity contribution in [3.8, 4) is 0 Å². The normalized spacial score (nSPS) is 41.3. The zero-order valence-corrected chi connectivity index (χ0v) is 14.0. The van der Waals surface area contributed by atoms with Crippen molar-refractivity contribution in [3.05, 3.63) is 34.9 Å². The van der Waals surface area contributed by atoms with E-state index in [-0.39, 0.29) is 0 Å². The number of carbonyl (C=O) groups excluding carboxylic acids is 1. The first kappa shape index (κ1) is 14.5. The number of allylic oxidation sites excluding steroid dienone is 6. The number of fused-ring (bicyclic) bond motifs is 4. The summed E-state index contributed by atoms with van der Waals surface area (Å²) < 4.78 is 0. The highest BCUT2D eigenvalue weighted by Gasteiger charge is 2.52. The van der Waals surface area contributed by atoms with Crippen LogP contribution in [-0.2, 0) is 4.79 Å². The van der Waals surface area contributed by atoms with Gasteiger partial charge in [-0.15, -0.1) is 0 Å². The summed E-state index contributed by atoms with van der Waals surface area (Å²) in [6, 6.07) is 0. The Morgan fingerprint density at radius 3 is 2.82 bits per heavy atom. The molecule has 22 heavy (non-hydrogen) atoms. The van der Waals surface area contributed by atoms with Crippen molar-refractivity contribution in [2.75, 3.05) is 0 Å². The van der Waals surface area contributed by atoms with Gasteiger partial charge in [0.2, 0.25) is 0 Å². The Bertz CT molecular complexity index is 591. The predicted octanol–water partition coefficient (Wildman–Crippen LogP) is 5.38. The lowest BCUT2D eigenvalue weighted by Gasteiger charge is -2.49. The molecule has 0 aromatic heterocycles. The molecule has 0 heterocycles. The van der Waals surface area contributed by atoms with E-state index in [0.29, 0.717) is 11.2 Å². The average molecular weight is 296 g/mol. The van der Waals surface area contributed by atoms with Crippen molar-refractivity contribution in [2.24, 2.45) is 23.2 Å². The van der Waals surface area contributed by atoms with Gasteiger partial charge in [0.15, 0.2) is 5.78 Å². The highest BCUT2D eigenvalue weighted by Crippen LogP contribution is 2.62. The lowest BCUT2D eigenvalue weighted by molar-refractivity contribution is -0.114. The first-order valence-corrected chi connectivity index (χ1v) is 9.22. The Labute approximate surface area is 134 Å². The quantitative estimate of drug-likeness (QED) is 0.593. The van der Waals surface area contributed by atoms with E-state index in [1.54, 1.807) is 11.1 Å². The van der Waals surface area contributed by atoms with Gasteiger partial charge in [-0.05, 0) is 92.3 Å². The molecule has 1 nitrogen and oxygen atoms in total. The maximum Gasteiger partial charge on any atom is 0.156 e. The maximum absolute atomic E-state index is 11.7. The van der Waals surface area contributed by atoms with Gasteiger partial charge in [0.05, 0.1) is 0 Å². The zero-order chi connectivity index (χ0) is 15.3. The van der Waals surface area contributed by atoms with Crippen LogP contribution in [0.1, 0.15) is 65.2 Å². The minimum Gasteiger partial charge on any atom is -0.295 e. The van der Waals surface area contributed by atoms with Crippen LogP contribution < -0.4 is 0 Å². The molecular formula is C21H28O. The van der Waals surface area contributed by atoms with Gasteiger partial charge in [0.25, 0.3) is 0 Å². The lowest BCUT2D eigenvalue weighted by atomic mass is 9.56. The fraction of sp³-hybridized carbons (Fsp3) is 0.667. The molecule has 0 bridgehead atoms. The number of rotatable bonds is 1. The van der Waals surface area contributed by atoms with Crippen LogP contribution in [0.2, 0.25) is 0 Å². The highest BCUT2D eigenvalue weighted by molar-refractivity contribution is 5.93. The minimum atomic E-state index is 0.354. The monoisotopic (exact) mass is 296 g/mol. The molecule has 4 aliphatic carbocycles. The molecule has 0 aromatic carbocycles. The van der Waals surface area contributed by atoms with E-state index in [1.807, 2.05) is 6.08 Å². The van der Waals surface area contributed by atoms with Gasteiger partial charge >= 0.3 is 0 Å². The summed E-state index contributed by atoms with van der Waals surface area (Å²) in [5.74, 6) is 2.84. The van der Waals surface area contributed by atoms with E-state index in [1.165, 1.54) is 37.7 Å². The van der Waals surface area contributed by atoms with Crippen LogP contribution in [-0.4, -0.2) is 5.78 Å². The number of ketones is 1. The van der Waals surface area contributed by atoms with Crippen LogP contribution in [0, 0.1) is 23.2 Å². The second kappa shape index (κ2) is 5.22. The summed E-state index contributed by atoms with van der Waals surface area (Å²) in [6.07, 6.45) is 16.3. The lowest BCUT2D eigenvalue weighted by Crippen LogP contribution is -2.39. The van der Waals surface area contributed by atoms with Crippen molar-refractivity contribution in [1.29, 1.82) is 0 Å². The smallest absolute Gasteiger partial charge is 0.156 e. The molecule has 4 atom stereocenters. The van der Waals surface area contributed by atoms with E-state index >= 15 is 0 Å². The van der Waals surface area contributed by atoms with E-state index in [0.717, 1.165) is 37.0 Å². The standard InChI is InChI=1S/C21H28O/c1-3-4-15-6-10-20-19-8-5-14-13-16(22)7-9-17(14)18(19)11-12-21(15,20)2/h3-4,13,15,19-20H,5-12H2,1-2H3/b4-3-/t15-,19-,20+,21-/m1/s1. The highest BCUT2D eigenvalue weighted by atomic mass is 16.1. The third-order valence-electron chi connectivity index (χ3n) is 7.23. The largest absolute Gasteiger partial charge is 0.295 e. The van der Waals surface area contributed by atoms with Crippen molar-refractivity contribution < 1.29 is 4.79 Å². The van der Waals surface area contributed by atoms with Gasteiger partial charge < -0.3 is 0 Å². The van der Waals surface area contributed by atoms with Gasteiger partial charge in [-0.1, -0.05) is 24.6 Å². The maximum atomic E-state index is 11.7. The summed E-state index contributed by atoms with van der Waals surface area (Å²) in [5, 5.41) is 0. The number of hydrogen-bond acceptors (Lipinski definition) is 1. The van der Waals surface area contributed by atoms with Crippen molar-refractivity contribution in [3.63, 3.8) is 0 Å². The Balaban J connectivity index is 1.70. The molecule has 2 fully saturated rings. The molecule has 0 aliphatic heterocycles. The molecule has 0 radical (unpaired) electrons. The zero-order valence-electron chi connectivity index (χ0n) is 14.0. The SMILES string of the molecule is C/C=C\[C@@H]1CC[C@H]2[C@@H]3CCC4=CC(=O)CCC4=C3CC[C@]12C. The summed E-state index contributed by atoms with van der Waals surface area (Å²) in [4.78, 5) is 11.7. The van der Waals surface area contributed by atoms with E-state index in [9.17, 15) is 4.79 Å². The number of carbonyl (C=O) groups is 1. The van der Waals surface area contributed by atoms with Gasteiger partial charge in [0.1, 0.15) is 0 Å². The molecule has 1 heteroatoms. The Morgan fingerprint density at radius 1 is 1.14 bits per heavy atom. The number of hydrogen-bond donors (Lipinski definition) is 0. The molecule has 4 aliphatic rings. The van der Waals surface area contributed by atoms with Crippen molar-refractivity contribution in [2.45, 2.75) is 65.2 Å². The fourth-order valence-corrected chi connectivity index (χ4v) is 6.12. The van der Waals surface area contributed by atoms with E-state index < -0.39 is 0 Å². The van der Waals surface area contributed by atoms with Crippen LogP contribution in [0.5, 0.6) is 0 Å². The van der Waals surface area contributed by atoms with E-state index in [4.69, 9.17) is 0 Å². The van der Waals surface area contributed by atoms with Crippen LogP contribution in [0.15, 0.2) is 34.9 Å². The molecule has 0 spiro atoms. The van der Waals surface area contributed by atoms with Crippen molar-refractivity contribution >= 4 is 5.78 Å². The average Bonchev–Trinajstić information content (AvgIpc) is 2.84. The summed E-state index contributed by atoms with van der Waals surface area (Å²) in [7, 11) is 0. The molecule has 0 aromatic rings. The van der Waals surface area contributed by atoms with Crippen LogP contribution in [0.25, 0.3) is 0 Å². The minimum absolute atomic E-state index is 0.354. The predicted molar refractivity (Wildman–Crippen MR) is 90.4 cm³/mol. The van der Waals surface area contributed by atoms with E-state index in [2.05, 4.69) is 26.0 Å². The molecule has 0 unspecified atom stereocenters. The fourth-order valence-electron chi connectivity index (χ4n) is 6.12. The summed E-state index contributed by atoms with van der Waals surface area (Å²) in [5.41, 5.74) is 5.28. The Kier molecular flexibility index (Phi) is 3.43. The third-order valence-corrected chi connectivity index (χ3v) is 7.23. The van der Waals surface area contributed by atoms with Gasteiger partial charge in [-0.2, -0.15) is 0 Å². The molecule has 0 N–H and O–H groups in total. The van der Waals surface area contributed by atoms with Gasteiger partial charge in [0, 0.05) is 6.42 Å². The first-order valence-electron chi connectivity index (χ1n) is 9.22. The summed E-state index contributed by atoms with van der Waals surface area (Å²) >= 11 is 0. The second-order valence-corrected chi connectivity index (χ2v) is 8.11. The Hall–Kier alpha value is -1.11. The van der Waals surface area contributed by atoms with Gasteiger partial charge in [-0.3, -0.25) is 4.79 Å². The first-order chi connectivity index (χ1) is 10.6. The molecule has 0 amide bonds. The summed E-state index contributed by atoms with van der Waals surface area (Å²) in [6.45, 7) is 4.73.